The second-order valence-electron chi connectivity index (χ2n) is 4.28. The Balaban J connectivity index is 2.21. The van der Waals surface area contributed by atoms with Crippen LogP contribution in [0.2, 0.25) is 0 Å². The van der Waals surface area contributed by atoms with Gasteiger partial charge in [0.15, 0.2) is 11.5 Å². The smallest absolute Gasteiger partial charge is 0.161 e. The summed E-state index contributed by atoms with van der Waals surface area (Å²) in [6.45, 7) is 0.453. The molecule has 0 amide bonds. The normalized spacial score (nSPS) is 10.3. The first-order valence-corrected chi connectivity index (χ1v) is 7.73. The molecule has 112 valence electrons. The molecule has 0 unspecified atom stereocenters. The minimum Gasteiger partial charge on any atom is -0.493 e. The van der Waals surface area contributed by atoms with Gasteiger partial charge in [0.1, 0.15) is 5.82 Å². The highest BCUT2D eigenvalue weighted by atomic mass is 79.9. The number of ether oxygens (including phenoxy) is 2. The fraction of sp³-hybridized carbons (Fsp3) is 0.200. The van der Waals surface area contributed by atoms with Crippen molar-refractivity contribution in [2.75, 3.05) is 19.5 Å². The summed E-state index contributed by atoms with van der Waals surface area (Å²) in [6.07, 6.45) is 0. The van der Waals surface area contributed by atoms with E-state index in [9.17, 15) is 4.39 Å². The van der Waals surface area contributed by atoms with Gasteiger partial charge < -0.3 is 14.8 Å². The van der Waals surface area contributed by atoms with E-state index >= 15 is 0 Å². The van der Waals surface area contributed by atoms with Crippen molar-refractivity contribution < 1.29 is 13.9 Å². The molecule has 0 bridgehead atoms. The van der Waals surface area contributed by atoms with Crippen LogP contribution in [0.1, 0.15) is 5.56 Å². The van der Waals surface area contributed by atoms with Gasteiger partial charge in [0.2, 0.25) is 0 Å². The van der Waals surface area contributed by atoms with Crippen LogP contribution in [-0.2, 0) is 6.54 Å². The quantitative estimate of drug-likeness (QED) is 0.742. The van der Waals surface area contributed by atoms with E-state index in [2.05, 4.69) is 37.2 Å². The van der Waals surface area contributed by atoms with Crippen molar-refractivity contribution in [1.29, 1.82) is 0 Å². The lowest BCUT2D eigenvalue weighted by Crippen LogP contribution is -2.03. The fourth-order valence-electron chi connectivity index (χ4n) is 1.86. The molecule has 0 fully saturated rings. The van der Waals surface area contributed by atoms with Crippen molar-refractivity contribution in [2.45, 2.75) is 6.54 Å². The highest BCUT2D eigenvalue weighted by Crippen LogP contribution is 2.33. The van der Waals surface area contributed by atoms with Crippen LogP contribution in [0.15, 0.2) is 39.3 Å². The summed E-state index contributed by atoms with van der Waals surface area (Å²) in [4.78, 5) is 0. The molecule has 3 nitrogen and oxygen atoms in total. The third-order valence-electron chi connectivity index (χ3n) is 2.95. The molecule has 2 aromatic rings. The van der Waals surface area contributed by atoms with E-state index in [1.807, 2.05) is 12.1 Å². The molecule has 21 heavy (non-hydrogen) atoms. The monoisotopic (exact) mass is 417 g/mol. The maximum absolute atomic E-state index is 13.7. The van der Waals surface area contributed by atoms with E-state index < -0.39 is 0 Å². The molecule has 0 aliphatic heterocycles. The lowest BCUT2D eigenvalue weighted by molar-refractivity contribution is 0.354. The summed E-state index contributed by atoms with van der Waals surface area (Å²) in [6, 6.07) is 8.45. The predicted molar refractivity (Wildman–Crippen MR) is 88.7 cm³/mol. The number of hydrogen-bond acceptors (Lipinski definition) is 3. The van der Waals surface area contributed by atoms with Crippen LogP contribution in [0.5, 0.6) is 11.5 Å². The predicted octanol–water partition coefficient (Wildman–Crippen LogP) is 4.98. The largest absolute Gasteiger partial charge is 0.493 e. The standard InChI is InChI=1S/C15H14Br2FNO2/c1-20-14-5-9(11(17)7-15(14)21-2)8-19-13-6-10(16)3-4-12(13)18/h3-7,19H,8H2,1-2H3. The van der Waals surface area contributed by atoms with E-state index in [1.165, 1.54) is 6.07 Å². The Hall–Kier alpha value is -1.27. The number of nitrogens with one attached hydrogen (secondary N) is 1. The van der Waals surface area contributed by atoms with Gasteiger partial charge in [0.25, 0.3) is 0 Å². The summed E-state index contributed by atoms with van der Waals surface area (Å²) in [5.41, 5.74) is 1.37. The van der Waals surface area contributed by atoms with E-state index in [-0.39, 0.29) is 5.82 Å². The van der Waals surface area contributed by atoms with Gasteiger partial charge in [-0.2, -0.15) is 0 Å². The van der Waals surface area contributed by atoms with Gasteiger partial charge in [-0.3, -0.25) is 0 Å². The van der Waals surface area contributed by atoms with Crippen molar-refractivity contribution in [3.63, 3.8) is 0 Å². The minimum atomic E-state index is -0.296. The second kappa shape index (κ2) is 7.13. The maximum atomic E-state index is 13.7. The average Bonchev–Trinajstić information content (AvgIpc) is 2.48. The van der Waals surface area contributed by atoms with Crippen LogP contribution >= 0.6 is 31.9 Å². The van der Waals surface area contributed by atoms with Crippen molar-refractivity contribution in [2.24, 2.45) is 0 Å². The Morgan fingerprint density at radius 2 is 1.71 bits per heavy atom. The average molecular weight is 419 g/mol. The number of rotatable bonds is 5. The molecular formula is C15H14Br2FNO2. The lowest BCUT2D eigenvalue weighted by Gasteiger charge is -2.13. The zero-order valence-corrected chi connectivity index (χ0v) is 14.7. The first kappa shape index (κ1) is 16.1. The number of anilines is 1. The van der Waals surface area contributed by atoms with Crippen molar-refractivity contribution in [3.8, 4) is 11.5 Å². The SMILES string of the molecule is COc1cc(Br)c(CNc2cc(Br)ccc2F)cc1OC. The van der Waals surface area contributed by atoms with Gasteiger partial charge in [-0.15, -0.1) is 0 Å². The molecule has 0 atom stereocenters. The highest BCUT2D eigenvalue weighted by Gasteiger charge is 2.10. The van der Waals surface area contributed by atoms with Crippen LogP contribution in [0, 0.1) is 5.82 Å². The Morgan fingerprint density at radius 1 is 1.05 bits per heavy atom. The molecule has 0 aliphatic carbocycles. The van der Waals surface area contributed by atoms with E-state index in [4.69, 9.17) is 9.47 Å². The molecule has 2 rings (SSSR count). The summed E-state index contributed by atoms with van der Waals surface area (Å²) in [5.74, 6) is 0.976. The zero-order valence-electron chi connectivity index (χ0n) is 11.5. The van der Waals surface area contributed by atoms with Gasteiger partial charge in [-0.1, -0.05) is 31.9 Å². The molecule has 0 saturated carbocycles. The van der Waals surface area contributed by atoms with Gasteiger partial charge in [0, 0.05) is 15.5 Å². The van der Waals surface area contributed by atoms with E-state index in [0.717, 1.165) is 14.5 Å². The highest BCUT2D eigenvalue weighted by molar-refractivity contribution is 9.10. The molecular weight excluding hydrogens is 405 g/mol. The number of benzene rings is 2. The van der Waals surface area contributed by atoms with Gasteiger partial charge in [-0.25, -0.2) is 4.39 Å². The Morgan fingerprint density at radius 3 is 2.38 bits per heavy atom. The van der Waals surface area contributed by atoms with Gasteiger partial charge in [-0.05, 0) is 35.9 Å². The summed E-state index contributed by atoms with van der Waals surface area (Å²) < 4.78 is 25.9. The number of hydrogen-bond donors (Lipinski definition) is 1. The first-order chi connectivity index (χ1) is 10.0. The molecule has 0 radical (unpaired) electrons. The zero-order chi connectivity index (χ0) is 15.4. The Labute approximate surface area is 139 Å². The maximum Gasteiger partial charge on any atom is 0.161 e. The third-order valence-corrected chi connectivity index (χ3v) is 4.18. The van der Waals surface area contributed by atoms with Gasteiger partial charge in [0.05, 0.1) is 19.9 Å². The summed E-state index contributed by atoms with van der Waals surface area (Å²) >= 11 is 6.81. The van der Waals surface area contributed by atoms with Crippen LogP contribution in [-0.4, -0.2) is 14.2 Å². The number of methoxy groups -OCH3 is 2. The first-order valence-electron chi connectivity index (χ1n) is 6.14. The van der Waals surface area contributed by atoms with Crippen LogP contribution < -0.4 is 14.8 Å². The van der Waals surface area contributed by atoms with Crippen LogP contribution in [0.25, 0.3) is 0 Å². The molecule has 0 aliphatic rings. The van der Waals surface area contributed by atoms with Crippen LogP contribution in [0.3, 0.4) is 0 Å². The molecule has 0 aromatic heterocycles. The van der Waals surface area contributed by atoms with Crippen molar-refractivity contribution >= 4 is 37.5 Å². The second-order valence-corrected chi connectivity index (χ2v) is 6.05. The van der Waals surface area contributed by atoms with Crippen LogP contribution in [0.4, 0.5) is 10.1 Å². The van der Waals surface area contributed by atoms with E-state index in [1.54, 1.807) is 26.4 Å². The number of halogens is 3. The topological polar surface area (TPSA) is 30.5 Å². The fourth-order valence-corrected chi connectivity index (χ4v) is 2.68. The van der Waals surface area contributed by atoms with Crippen molar-refractivity contribution in [3.05, 3.63) is 50.7 Å². The molecule has 0 spiro atoms. The summed E-state index contributed by atoms with van der Waals surface area (Å²) in [7, 11) is 3.16. The van der Waals surface area contributed by atoms with Gasteiger partial charge >= 0.3 is 0 Å². The Kier molecular flexibility index (Phi) is 5.47. The molecule has 2 aromatic carbocycles. The molecule has 0 heterocycles. The third kappa shape index (κ3) is 3.89. The minimum absolute atomic E-state index is 0.296. The summed E-state index contributed by atoms with van der Waals surface area (Å²) in [5, 5.41) is 3.07. The van der Waals surface area contributed by atoms with E-state index in [0.29, 0.717) is 23.7 Å². The van der Waals surface area contributed by atoms with Crippen molar-refractivity contribution in [1.82, 2.24) is 0 Å². The molecule has 6 heteroatoms. The lowest BCUT2D eigenvalue weighted by atomic mass is 10.2. The molecule has 0 saturated heterocycles. The molecule has 1 N–H and O–H groups in total. The Bertz CT molecular complexity index is 650.